The maximum absolute atomic E-state index is 11.3. The quantitative estimate of drug-likeness (QED) is 0.863. The molecule has 3 rings (SSSR count). The minimum atomic E-state index is -0.121. The molecule has 2 aromatic rings. The third-order valence-electron chi connectivity index (χ3n) is 3.54. The lowest BCUT2D eigenvalue weighted by Gasteiger charge is -2.20. The van der Waals surface area contributed by atoms with Crippen molar-refractivity contribution in [1.82, 2.24) is 0 Å². The zero-order valence-corrected chi connectivity index (χ0v) is 10.6. The zero-order valence-electron chi connectivity index (χ0n) is 10.6. The van der Waals surface area contributed by atoms with Crippen LogP contribution in [0.1, 0.15) is 29.2 Å². The lowest BCUT2D eigenvalue weighted by Crippen LogP contribution is -2.20. The molecule has 0 unspecified atom stereocenters. The van der Waals surface area contributed by atoms with Crippen molar-refractivity contribution in [2.24, 2.45) is 5.73 Å². The van der Waals surface area contributed by atoms with Crippen molar-refractivity contribution in [2.75, 3.05) is 5.32 Å². The summed E-state index contributed by atoms with van der Waals surface area (Å²) in [5.74, 6) is 0.0904. The number of benzene rings is 2. The molecular weight excluding hydrogens is 236 g/mol. The predicted octanol–water partition coefficient (Wildman–Crippen LogP) is 2.62. The van der Waals surface area contributed by atoms with Crippen LogP contribution in [0.2, 0.25) is 0 Å². The van der Waals surface area contributed by atoms with Gasteiger partial charge in [0.05, 0.1) is 6.04 Å². The number of nitrogens with one attached hydrogen (secondary N) is 1. The predicted molar refractivity (Wildman–Crippen MR) is 75.9 cm³/mol. The molecule has 1 heterocycles. The summed E-state index contributed by atoms with van der Waals surface area (Å²) in [4.78, 5) is 11.3. The van der Waals surface area contributed by atoms with Crippen molar-refractivity contribution < 1.29 is 4.79 Å². The van der Waals surface area contributed by atoms with Gasteiger partial charge in [0.1, 0.15) is 0 Å². The van der Waals surface area contributed by atoms with Gasteiger partial charge in [-0.2, -0.15) is 0 Å². The molecule has 96 valence electrons. The van der Waals surface area contributed by atoms with E-state index in [2.05, 4.69) is 11.4 Å². The smallest absolute Gasteiger partial charge is 0.224 e. The highest BCUT2D eigenvalue weighted by atomic mass is 16.1. The van der Waals surface area contributed by atoms with Crippen LogP contribution in [-0.2, 0) is 11.2 Å². The summed E-state index contributed by atoms with van der Waals surface area (Å²) >= 11 is 0. The van der Waals surface area contributed by atoms with Crippen LogP contribution in [0, 0.1) is 0 Å². The molecule has 3 heteroatoms. The van der Waals surface area contributed by atoms with Crippen LogP contribution in [0.3, 0.4) is 0 Å². The van der Waals surface area contributed by atoms with E-state index in [-0.39, 0.29) is 11.9 Å². The van der Waals surface area contributed by atoms with Gasteiger partial charge in [-0.05, 0) is 29.2 Å². The summed E-state index contributed by atoms with van der Waals surface area (Å²) in [5, 5.41) is 2.89. The molecule has 1 amide bonds. The summed E-state index contributed by atoms with van der Waals surface area (Å²) < 4.78 is 0. The van der Waals surface area contributed by atoms with Gasteiger partial charge in [-0.3, -0.25) is 4.79 Å². The van der Waals surface area contributed by atoms with E-state index in [0.29, 0.717) is 6.42 Å². The molecule has 0 bridgehead atoms. The highest BCUT2D eigenvalue weighted by Gasteiger charge is 2.16. The summed E-state index contributed by atoms with van der Waals surface area (Å²) in [7, 11) is 0. The van der Waals surface area contributed by atoms with E-state index >= 15 is 0 Å². The van der Waals surface area contributed by atoms with Crippen LogP contribution in [0.4, 0.5) is 5.69 Å². The van der Waals surface area contributed by atoms with E-state index in [9.17, 15) is 4.79 Å². The van der Waals surface area contributed by atoms with Crippen molar-refractivity contribution in [2.45, 2.75) is 18.9 Å². The Balaban J connectivity index is 1.92. The average molecular weight is 252 g/mol. The molecule has 1 aliphatic heterocycles. The van der Waals surface area contributed by atoms with Crippen molar-refractivity contribution in [3.8, 4) is 0 Å². The number of amides is 1. The molecule has 0 fully saturated rings. The van der Waals surface area contributed by atoms with Gasteiger partial charge in [0.2, 0.25) is 5.91 Å². The Morgan fingerprint density at radius 3 is 2.58 bits per heavy atom. The van der Waals surface area contributed by atoms with E-state index in [1.165, 1.54) is 5.56 Å². The molecule has 3 N–H and O–H groups in total. The van der Waals surface area contributed by atoms with Gasteiger partial charge in [0.25, 0.3) is 0 Å². The van der Waals surface area contributed by atoms with Gasteiger partial charge in [-0.25, -0.2) is 0 Å². The van der Waals surface area contributed by atoms with E-state index in [1.54, 1.807) is 0 Å². The number of carbonyl (C=O) groups excluding carboxylic acids is 1. The molecule has 0 radical (unpaired) electrons. The third kappa shape index (κ3) is 2.37. The van der Waals surface area contributed by atoms with Crippen LogP contribution in [0.25, 0.3) is 0 Å². The topological polar surface area (TPSA) is 55.1 Å². The highest BCUT2D eigenvalue weighted by molar-refractivity contribution is 5.93. The third-order valence-corrected chi connectivity index (χ3v) is 3.54. The Hall–Kier alpha value is -2.13. The van der Waals surface area contributed by atoms with Gasteiger partial charge in [0.15, 0.2) is 0 Å². The van der Waals surface area contributed by atoms with E-state index < -0.39 is 0 Å². The van der Waals surface area contributed by atoms with Crippen LogP contribution in [-0.4, -0.2) is 5.91 Å². The molecule has 19 heavy (non-hydrogen) atoms. The van der Waals surface area contributed by atoms with E-state index in [1.807, 2.05) is 42.5 Å². The Labute approximate surface area is 112 Å². The van der Waals surface area contributed by atoms with Crippen molar-refractivity contribution in [1.29, 1.82) is 0 Å². The van der Waals surface area contributed by atoms with Crippen molar-refractivity contribution in [3.63, 3.8) is 0 Å². The Morgan fingerprint density at radius 2 is 1.79 bits per heavy atom. The fraction of sp³-hybridized carbons (Fsp3) is 0.188. The molecule has 2 aromatic carbocycles. The highest BCUT2D eigenvalue weighted by Crippen LogP contribution is 2.27. The largest absolute Gasteiger partial charge is 0.326 e. The Morgan fingerprint density at radius 1 is 1.00 bits per heavy atom. The summed E-state index contributed by atoms with van der Waals surface area (Å²) in [6.07, 6.45) is 1.34. The van der Waals surface area contributed by atoms with E-state index in [4.69, 9.17) is 5.73 Å². The lowest BCUT2D eigenvalue weighted by molar-refractivity contribution is -0.116. The van der Waals surface area contributed by atoms with Gasteiger partial charge in [-0.15, -0.1) is 0 Å². The fourth-order valence-electron chi connectivity index (χ4n) is 2.45. The van der Waals surface area contributed by atoms with Crippen molar-refractivity contribution >= 4 is 11.6 Å². The number of fused-ring (bicyclic) bond motifs is 1. The fourth-order valence-corrected chi connectivity index (χ4v) is 2.45. The number of carbonyl (C=O) groups is 1. The molecule has 0 aliphatic carbocycles. The second-order valence-corrected chi connectivity index (χ2v) is 4.85. The summed E-state index contributed by atoms with van der Waals surface area (Å²) in [6.45, 7) is 0. The lowest BCUT2D eigenvalue weighted by atomic mass is 9.94. The summed E-state index contributed by atoms with van der Waals surface area (Å²) in [5.41, 5.74) is 10.6. The van der Waals surface area contributed by atoms with Crippen LogP contribution >= 0.6 is 0 Å². The number of anilines is 1. The molecule has 1 aliphatic rings. The molecule has 0 aromatic heterocycles. The first-order chi connectivity index (χ1) is 9.24. The summed E-state index contributed by atoms with van der Waals surface area (Å²) in [6, 6.07) is 16.0. The standard InChI is InChI=1S/C16H16N2O/c17-16(11-4-2-1-3-5-11)13-6-8-14-12(10-13)7-9-15(19)18-14/h1-6,8,10,16H,7,9,17H2,(H,18,19)/t16-/m0/s1. The minimum absolute atomic E-state index is 0.0904. The van der Waals surface area contributed by atoms with Crippen LogP contribution in [0.15, 0.2) is 48.5 Å². The van der Waals surface area contributed by atoms with Crippen molar-refractivity contribution in [3.05, 3.63) is 65.2 Å². The number of aryl methyl sites for hydroxylation is 1. The van der Waals surface area contributed by atoms with Crippen LogP contribution in [0.5, 0.6) is 0 Å². The number of hydrogen-bond acceptors (Lipinski definition) is 2. The number of hydrogen-bond donors (Lipinski definition) is 2. The van der Waals surface area contributed by atoms with Crippen LogP contribution < -0.4 is 11.1 Å². The molecular formula is C16H16N2O. The maximum Gasteiger partial charge on any atom is 0.224 e. The monoisotopic (exact) mass is 252 g/mol. The number of nitrogens with two attached hydrogens (primary N) is 1. The SMILES string of the molecule is N[C@@H](c1ccccc1)c1ccc2c(c1)CCC(=O)N2. The molecule has 0 spiro atoms. The second kappa shape index (κ2) is 4.86. The van der Waals surface area contributed by atoms with Gasteiger partial charge in [-0.1, -0.05) is 42.5 Å². The molecule has 0 saturated heterocycles. The number of rotatable bonds is 2. The molecule has 3 nitrogen and oxygen atoms in total. The Kier molecular flexibility index (Phi) is 3.05. The first-order valence-corrected chi connectivity index (χ1v) is 6.47. The molecule has 0 saturated carbocycles. The second-order valence-electron chi connectivity index (χ2n) is 4.85. The Bertz CT molecular complexity index is 607. The average Bonchev–Trinajstić information content (AvgIpc) is 2.47. The van der Waals surface area contributed by atoms with Gasteiger partial charge >= 0.3 is 0 Å². The zero-order chi connectivity index (χ0) is 13.2. The maximum atomic E-state index is 11.3. The van der Waals surface area contributed by atoms with E-state index in [0.717, 1.165) is 23.2 Å². The van der Waals surface area contributed by atoms with Gasteiger partial charge < -0.3 is 11.1 Å². The minimum Gasteiger partial charge on any atom is -0.326 e. The first kappa shape index (κ1) is 11.9. The molecule has 1 atom stereocenters. The van der Waals surface area contributed by atoms with Gasteiger partial charge in [0, 0.05) is 12.1 Å². The first-order valence-electron chi connectivity index (χ1n) is 6.47. The normalized spacial score (nSPS) is 15.5.